The standard InChI is InChI=1S/C13H16N3/c1-9-14-15(4)12-10-7-5-6-8-11(10)13(2,3)16(9)12/h5-8H,1-4H3/q+1. The lowest BCUT2D eigenvalue weighted by Gasteiger charge is -2.18. The third-order valence-electron chi connectivity index (χ3n) is 3.52. The molecule has 2 heterocycles. The van der Waals surface area contributed by atoms with E-state index in [2.05, 4.69) is 54.7 Å². The van der Waals surface area contributed by atoms with Crippen LogP contribution in [0, 0.1) is 6.92 Å². The predicted octanol–water partition coefficient (Wildman–Crippen LogP) is 1.78. The molecule has 82 valence electrons. The highest BCUT2D eigenvalue weighted by Crippen LogP contribution is 2.36. The minimum atomic E-state index is 0.00424. The minimum Gasteiger partial charge on any atom is -0.219 e. The average molecular weight is 214 g/mol. The van der Waals surface area contributed by atoms with Crippen LogP contribution in [-0.4, -0.2) is 9.78 Å². The summed E-state index contributed by atoms with van der Waals surface area (Å²) in [6.45, 7) is 6.56. The monoisotopic (exact) mass is 214 g/mol. The molecule has 1 aromatic carbocycles. The first-order valence-corrected chi connectivity index (χ1v) is 5.59. The fourth-order valence-electron chi connectivity index (χ4n) is 2.90. The number of hydrogen-bond donors (Lipinski definition) is 0. The van der Waals surface area contributed by atoms with Crippen molar-refractivity contribution in [1.82, 2.24) is 9.78 Å². The summed E-state index contributed by atoms with van der Waals surface area (Å²) in [5, 5.41) is 4.51. The fourth-order valence-corrected chi connectivity index (χ4v) is 2.90. The first-order chi connectivity index (χ1) is 7.53. The third kappa shape index (κ3) is 0.932. The second-order valence-electron chi connectivity index (χ2n) is 4.93. The lowest BCUT2D eigenvalue weighted by Crippen LogP contribution is -2.51. The summed E-state index contributed by atoms with van der Waals surface area (Å²) in [5.41, 5.74) is 2.69. The Morgan fingerprint density at radius 2 is 1.94 bits per heavy atom. The van der Waals surface area contributed by atoms with Gasteiger partial charge in [-0.2, -0.15) is 0 Å². The first-order valence-electron chi connectivity index (χ1n) is 5.59. The molecule has 2 aromatic rings. The van der Waals surface area contributed by atoms with E-state index in [9.17, 15) is 0 Å². The molecule has 3 rings (SSSR count). The molecular weight excluding hydrogens is 198 g/mol. The van der Waals surface area contributed by atoms with Gasteiger partial charge in [0, 0.05) is 17.6 Å². The SMILES string of the molecule is Cc1nn(C)c2[n+]1C(C)(C)c1ccccc1-2. The Morgan fingerprint density at radius 3 is 2.69 bits per heavy atom. The molecule has 0 amide bonds. The Hall–Kier alpha value is -1.64. The summed E-state index contributed by atoms with van der Waals surface area (Å²) < 4.78 is 4.29. The van der Waals surface area contributed by atoms with Crippen LogP contribution in [-0.2, 0) is 12.6 Å². The fraction of sp³-hybridized carbons (Fsp3) is 0.385. The van der Waals surface area contributed by atoms with Crippen LogP contribution in [0.4, 0.5) is 0 Å². The quantitative estimate of drug-likeness (QED) is 0.613. The molecule has 0 N–H and O–H groups in total. The van der Waals surface area contributed by atoms with Crippen molar-refractivity contribution in [3.05, 3.63) is 35.7 Å². The number of rotatable bonds is 0. The molecule has 1 aliphatic heterocycles. The highest BCUT2D eigenvalue weighted by molar-refractivity contribution is 5.62. The van der Waals surface area contributed by atoms with E-state index in [0.29, 0.717) is 0 Å². The molecule has 0 radical (unpaired) electrons. The van der Waals surface area contributed by atoms with Crippen LogP contribution in [0.15, 0.2) is 24.3 Å². The lowest BCUT2D eigenvalue weighted by atomic mass is 9.94. The van der Waals surface area contributed by atoms with Crippen molar-refractivity contribution in [2.24, 2.45) is 7.05 Å². The molecule has 0 spiro atoms. The van der Waals surface area contributed by atoms with Gasteiger partial charge in [0.2, 0.25) is 0 Å². The molecule has 3 heteroatoms. The van der Waals surface area contributed by atoms with Gasteiger partial charge in [-0.25, -0.2) is 4.57 Å². The second kappa shape index (κ2) is 2.73. The highest BCUT2D eigenvalue weighted by Gasteiger charge is 2.44. The summed E-state index contributed by atoms with van der Waals surface area (Å²) in [5.74, 6) is 2.27. The Morgan fingerprint density at radius 1 is 1.25 bits per heavy atom. The highest BCUT2D eigenvalue weighted by atomic mass is 15.4. The smallest absolute Gasteiger partial charge is 0.219 e. The molecular formula is C13H16N3+. The molecule has 0 bridgehead atoms. The molecule has 3 nitrogen and oxygen atoms in total. The number of aryl methyl sites for hydroxylation is 2. The van der Waals surface area contributed by atoms with Gasteiger partial charge in [0.25, 0.3) is 11.6 Å². The van der Waals surface area contributed by atoms with Crippen molar-refractivity contribution < 1.29 is 4.57 Å². The summed E-state index contributed by atoms with van der Waals surface area (Å²) in [6.07, 6.45) is 0. The van der Waals surface area contributed by atoms with Crippen molar-refractivity contribution in [2.75, 3.05) is 0 Å². The van der Waals surface area contributed by atoms with E-state index in [4.69, 9.17) is 0 Å². The zero-order valence-corrected chi connectivity index (χ0v) is 10.2. The largest absolute Gasteiger partial charge is 0.275 e. The number of hydrogen-bond acceptors (Lipinski definition) is 1. The van der Waals surface area contributed by atoms with Crippen molar-refractivity contribution in [1.29, 1.82) is 0 Å². The van der Waals surface area contributed by atoms with Gasteiger partial charge in [0.15, 0.2) is 0 Å². The molecule has 0 aliphatic carbocycles. The molecule has 0 fully saturated rings. The van der Waals surface area contributed by atoms with Gasteiger partial charge in [-0.15, -0.1) is 4.68 Å². The summed E-state index contributed by atoms with van der Waals surface area (Å²) in [4.78, 5) is 0. The lowest BCUT2D eigenvalue weighted by molar-refractivity contribution is -0.737. The summed E-state index contributed by atoms with van der Waals surface area (Å²) >= 11 is 0. The van der Waals surface area contributed by atoms with Gasteiger partial charge in [-0.3, -0.25) is 0 Å². The number of aromatic nitrogens is 3. The predicted molar refractivity (Wildman–Crippen MR) is 62.0 cm³/mol. The number of benzene rings is 1. The van der Waals surface area contributed by atoms with Crippen LogP contribution in [0.2, 0.25) is 0 Å². The van der Waals surface area contributed by atoms with Gasteiger partial charge in [0.1, 0.15) is 5.54 Å². The minimum absolute atomic E-state index is 0.00424. The zero-order valence-electron chi connectivity index (χ0n) is 10.2. The number of fused-ring (bicyclic) bond motifs is 3. The van der Waals surface area contributed by atoms with Crippen LogP contribution >= 0.6 is 0 Å². The first kappa shape index (κ1) is 9.58. The summed E-state index contributed by atoms with van der Waals surface area (Å²) in [7, 11) is 2.01. The van der Waals surface area contributed by atoms with E-state index < -0.39 is 0 Å². The molecule has 0 saturated carbocycles. The maximum Gasteiger partial charge on any atom is 0.275 e. The van der Waals surface area contributed by atoms with Gasteiger partial charge in [0.05, 0.1) is 12.6 Å². The van der Waals surface area contributed by atoms with Crippen molar-refractivity contribution in [2.45, 2.75) is 26.3 Å². The van der Waals surface area contributed by atoms with E-state index in [1.807, 2.05) is 11.7 Å². The zero-order chi connectivity index (χ0) is 11.5. The Bertz CT molecular complexity index is 579. The molecule has 16 heavy (non-hydrogen) atoms. The van der Waals surface area contributed by atoms with Gasteiger partial charge < -0.3 is 0 Å². The Kier molecular flexibility index (Phi) is 1.63. The van der Waals surface area contributed by atoms with Crippen LogP contribution < -0.4 is 4.57 Å². The van der Waals surface area contributed by atoms with E-state index in [0.717, 1.165) is 5.82 Å². The third-order valence-corrected chi connectivity index (χ3v) is 3.52. The van der Waals surface area contributed by atoms with Gasteiger partial charge >= 0.3 is 0 Å². The molecule has 0 atom stereocenters. The Balaban J connectivity index is 2.46. The van der Waals surface area contributed by atoms with E-state index >= 15 is 0 Å². The molecule has 0 saturated heterocycles. The maximum absolute atomic E-state index is 4.51. The van der Waals surface area contributed by atoms with Crippen molar-refractivity contribution in [3.8, 4) is 11.4 Å². The Labute approximate surface area is 95.3 Å². The topological polar surface area (TPSA) is 21.7 Å². The molecule has 1 aromatic heterocycles. The van der Waals surface area contributed by atoms with Crippen molar-refractivity contribution >= 4 is 0 Å². The molecule has 1 aliphatic rings. The average Bonchev–Trinajstić information content (AvgIpc) is 2.65. The van der Waals surface area contributed by atoms with Crippen molar-refractivity contribution in [3.63, 3.8) is 0 Å². The maximum atomic E-state index is 4.51. The van der Waals surface area contributed by atoms with Gasteiger partial charge in [-0.05, 0) is 19.9 Å². The van der Waals surface area contributed by atoms with Crippen LogP contribution in [0.3, 0.4) is 0 Å². The van der Waals surface area contributed by atoms with E-state index in [1.54, 1.807) is 0 Å². The summed E-state index contributed by atoms with van der Waals surface area (Å²) in [6, 6.07) is 8.58. The van der Waals surface area contributed by atoms with Crippen LogP contribution in [0.25, 0.3) is 11.4 Å². The van der Waals surface area contributed by atoms with Crippen LogP contribution in [0.5, 0.6) is 0 Å². The number of nitrogens with zero attached hydrogens (tertiary/aromatic N) is 3. The second-order valence-corrected chi connectivity index (χ2v) is 4.93. The molecule has 0 unspecified atom stereocenters. The van der Waals surface area contributed by atoms with Crippen LogP contribution in [0.1, 0.15) is 25.2 Å². The van der Waals surface area contributed by atoms with Gasteiger partial charge in [-0.1, -0.05) is 18.2 Å². The van der Waals surface area contributed by atoms with E-state index in [-0.39, 0.29) is 5.54 Å². The van der Waals surface area contributed by atoms with E-state index in [1.165, 1.54) is 17.0 Å². The normalized spacial score (nSPS) is 16.0.